The molecule has 1 aromatic carbocycles. The van der Waals surface area contributed by atoms with Crippen LogP contribution in [0.4, 0.5) is 0 Å². The number of allylic oxidation sites excluding steroid dienone is 2. The smallest absolute Gasteiger partial charge is 0.247 e. The first-order chi connectivity index (χ1) is 10.0. The molecule has 1 heterocycles. The van der Waals surface area contributed by atoms with Gasteiger partial charge in [0.2, 0.25) is 5.70 Å². The van der Waals surface area contributed by atoms with Crippen LogP contribution in [0.25, 0.3) is 10.9 Å². The van der Waals surface area contributed by atoms with E-state index in [-0.39, 0.29) is 27.8 Å². The highest BCUT2D eigenvalue weighted by molar-refractivity contribution is 6.36. The van der Waals surface area contributed by atoms with Crippen molar-refractivity contribution in [3.8, 4) is 11.5 Å². The number of phenolic OH excluding ortho intramolecular Hbond substituents is 1. The highest BCUT2D eigenvalue weighted by Gasteiger charge is 2.22. The molecule has 0 aliphatic heterocycles. The van der Waals surface area contributed by atoms with E-state index < -0.39 is 0 Å². The SMILES string of the molecule is COc1cc(O)c(Cl)c2nc3c(cc12)CC([N+](=O)[O-])=CC3. The maximum atomic E-state index is 10.9. The summed E-state index contributed by atoms with van der Waals surface area (Å²) >= 11 is 6.08. The number of hydrogen-bond acceptors (Lipinski definition) is 5. The van der Waals surface area contributed by atoms with E-state index in [1.165, 1.54) is 13.2 Å². The van der Waals surface area contributed by atoms with Crippen molar-refractivity contribution in [1.29, 1.82) is 0 Å². The number of aromatic nitrogens is 1. The van der Waals surface area contributed by atoms with E-state index >= 15 is 0 Å². The lowest BCUT2D eigenvalue weighted by Gasteiger charge is -2.15. The summed E-state index contributed by atoms with van der Waals surface area (Å²) in [6.07, 6.45) is 2.14. The summed E-state index contributed by atoms with van der Waals surface area (Å²) in [4.78, 5) is 14.9. The van der Waals surface area contributed by atoms with Gasteiger partial charge in [0.1, 0.15) is 16.5 Å². The number of hydrogen-bond donors (Lipinski definition) is 1. The molecular formula is C14H11ClN2O4. The van der Waals surface area contributed by atoms with E-state index in [9.17, 15) is 15.2 Å². The second kappa shape index (κ2) is 4.89. The topological polar surface area (TPSA) is 85.5 Å². The van der Waals surface area contributed by atoms with Gasteiger partial charge in [0.05, 0.1) is 24.0 Å². The Morgan fingerprint density at radius 1 is 1.48 bits per heavy atom. The number of nitro groups is 1. The molecule has 0 fully saturated rings. The lowest BCUT2D eigenvalue weighted by atomic mass is 9.97. The maximum absolute atomic E-state index is 10.9. The van der Waals surface area contributed by atoms with E-state index in [0.717, 1.165) is 11.3 Å². The molecule has 0 radical (unpaired) electrons. The number of nitrogens with zero attached hydrogens (tertiary/aromatic N) is 2. The molecule has 3 rings (SSSR count). The van der Waals surface area contributed by atoms with Gasteiger partial charge in [-0.25, -0.2) is 0 Å². The fourth-order valence-corrected chi connectivity index (χ4v) is 2.65. The van der Waals surface area contributed by atoms with Gasteiger partial charge in [-0.05, 0) is 17.7 Å². The van der Waals surface area contributed by atoms with E-state index in [2.05, 4.69) is 4.98 Å². The van der Waals surface area contributed by atoms with Gasteiger partial charge in [0.25, 0.3) is 0 Å². The molecule has 6 nitrogen and oxygen atoms in total. The first-order valence-corrected chi connectivity index (χ1v) is 6.60. The molecule has 1 aliphatic rings. The summed E-state index contributed by atoms with van der Waals surface area (Å²) in [5.41, 5.74) is 2.09. The highest BCUT2D eigenvalue weighted by atomic mass is 35.5. The molecule has 0 saturated heterocycles. The molecule has 0 amide bonds. The summed E-state index contributed by atoms with van der Waals surface area (Å²) in [5, 5.41) is 21.5. The van der Waals surface area contributed by atoms with Gasteiger partial charge < -0.3 is 9.84 Å². The molecule has 1 aromatic heterocycles. The molecule has 0 spiro atoms. The third-order valence-electron chi connectivity index (χ3n) is 3.51. The molecule has 1 aliphatic carbocycles. The van der Waals surface area contributed by atoms with Crippen LogP contribution in [-0.4, -0.2) is 22.1 Å². The lowest BCUT2D eigenvalue weighted by Crippen LogP contribution is -2.11. The Labute approximate surface area is 124 Å². The number of methoxy groups -OCH3 is 1. The molecule has 0 saturated carbocycles. The molecule has 0 atom stereocenters. The Morgan fingerprint density at radius 2 is 2.24 bits per heavy atom. The van der Waals surface area contributed by atoms with E-state index in [1.807, 2.05) is 0 Å². The number of phenols is 1. The van der Waals surface area contributed by atoms with Crippen LogP contribution in [0.2, 0.25) is 5.02 Å². The van der Waals surface area contributed by atoms with Gasteiger partial charge in [0, 0.05) is 23.6 Å². The largest absolute Gasteiger partial charge is 0.506 e. The summed E-state index contributed by atoms with van der Waals surface area (Å²) in [6.45, 7) is 0. The standard InChI is InChI=1S/C14H11ClN2O4/c1-21-12-6-11(18)13(15)14-9(12)5-7-4-8(17(19)20)2-3-10(7)16-14/h2,5-6,18H,3-4H2,1H3. The van der Waals surface area contributed by atoms with Crippen LogP contribution in [-0.2, 0) is 12.8 Å². The molecule has 21 heavy (non-hydrogen) atoms. The van der Waals surface area contributed by atoms with E-state index in [0.29, 0.717) is 23.1 Å². The first-order valence-electron chi connectivity index (χ1n) is 6.22. The molecule has 108 valence electrons. The maximum Gasteiger partial charge on any atom is 0.247 e. The van der Waals surface area contributed by atoms with Crippen LogP contribution in [0.5, 0.6) is 11.5 Å². The van der Waals surface area contributed by atoms with Crippen LogP contribution in [0.3, 0.4) is 0 Å². The molecule has 2 aromatic rings. The Kier molecular flexibility index (Phi) is 3.17. The van der Waals surface area contributed by atoms with Crippen molar-refractivity contribution in [2.45, 2.75) is 12.8 Å². The number of fused-ring (bicyclic) bond motifs is 2. The minimum atomic E-state index is -0.381. The van der Waals surface area contributed by atoms with Gasteiger partial charge >= 0.3 is 0 Å². The Bertz CT molecular complexity index is 801. The third-order valence-corrected chi connectivity index (χ3v) is 3.89. The van der Waals surface area contributed by atoms with E-state index in [4.69, 9.17) is 16.3 Å². The van der Waals surface area contributed by atoms with Gasteiger partial charge in [-0.15, -0.1) is 0 Å². The first kappa shape index (κ1) is 13.6. The zero-order valence-electron chi connectivity index (χ0n) is 11.1. The predicted molar refractivity (Wildman–Crippen MR) is 77.5 cm³/mol. The number of ether oxygens (including phenoxy) is 1. The van der Waals surface area contributed by atoms with Gasteiger partial charge in [-0.1, -0.05) is 11.6 Å². The van der Waals surface area contributed by atoms with Crippen molar-refractivity contribution < 1.29 is 14.8 Å². The zero-order valence-corrected chi connectivity index (χ0v) is 11.8. The fourth-order valence-electron chi connectivity index (χ4n) is 2.45. The monoisotopic (exact) mass is 306 g/mol. The molecule has 7 heteroatoms. The number of rotatable bonds is 2. The highest BCUT2D eigenvalue weighted by Crippen LogP contribution is 2.39. The minimum Gasteiger partial charge on any atom is -0.506 e. The molecule has 0 unspecified atom stereocenters. The average molecular weight is 307 g/mol. The number of aromatic hydroxyl groups is 1. The summed E-state index contributed by atoms with van der Waals surface area (Å²) in [5.74, 6) is 0.324. The van der Waals surface area contributed by atoms with Crippen molar-refractivity contribution >= 4 is 22.5 Å². The lowest BCUT2D eigenvalue weighted by molar-refractivity contribution is -0.427. The third kappa shape index (κ3) is 2.17. The molecule has 1 N–H and O–H groups in total. The Balaban J connectivity index is 2.23. The van der Waals surface area contributed by atoms with Crippen molar-refractivity contribution in [2.24, 2.45) is 0 Å². The van der Waals surface area contributed by atoms with Crippen LogP contribution in [0.1, 0.15) is 11.3 Å². The van der Waals surface area contributed by atoms with Crippen LogP contribution >= 0.6 is 11.6 Å². The second-order valence-electron chi connectivity index (χ2n) is 4.74. The van der Waals surface area contributed by atoms with Crippen molar-refractivity contribution in [1.82, 2.24) is 4.98 Å². The zero-order chi connectivity index (χ0) is 15.1. The van der Waals surface area contributed by atoms with Crippen LogP contribution in [0.15, 0.2) is 23.9 Å². The Hall–Kier alpha value is -2.34. The summed E-state index contributed by atoms with van der Waals surface area (Å²) < 4.78 is 5.22. The number of halogens is 1. The minimum absolute atomic E-state index is 0.106. The van der Waals surface area contributed by atoms with Crippen LogP contribution < -0.4 is 4.74 Å². The number of benzene rings is 1. The van der Waals surface area contributed by atoms with Gasteiger partial charge in [0.15, 0.2) is 0 Å². The van der Waals surface area contributed by atoms with Crippen molar-refractivity contribution in [3.05, 3.63) is 50.3 Å². The van der Waals surface area contributed by atoms with Gasteiger partial charge in [-0.3, -0.25) is 15.1 Å². The summed E-state index contributed by atoms with van der Waals surface area (Å²) in [6, 6.07) is 3.20. The number of pyridine rings is 1. The van der Waals surface area contributed by atoms with Crippen LogP contribution in [0, 0.1) is 10.1 Å². The van der Waals surface area contributed by atoms with Crippen molar-refractivity contribution in [3.63, 3.8) is 0 Å². The van der Waals surface area contributed by atoms with Gasteiger partial charge in [-0.2, -0.15) is 0 Å². The second-order valence-corrected chi connectivity index (χ2v) is 5.11. The fraction of sp³-hybridized carbons (Fsp3) is 0.214. The predicted octanol–water partition coefficient (Wildman–Crippen LogP) is 2.86. The van der Waals surface area contributed by atoms with Crippen molar-refractivity contribution in [2.75, 3.05) is 7.11 Å². The molecule has 0 bridgehead atoms. The average Bonchev–Trinajstić information content (AvgIpc) is 2.48. The normalized spacial score (nSPS) is 13.7. The Morgan fingerprint density at radius 3 is 2.90 bits per heavy atom. The quantitative estimate of drug-likeness (QED) is 0.681. The van der Waals surface area contributed by atoms with E-state index in [1.54, 1.807) is 12.1 Å². The molecular weight excluding hydrogens is 296 g/mol. The summed E-state index contributed by atoms with van der Waals surface area (Å²) in [7, 11) is 1.48.